The van der Waals surface area contributed by atoms with Crippen molar-refractivity contribution >= 4 is 187 Å². The topological polar surface area (TPSA) is 71.1 Å². The fourth-order valence-electron chi connectivity index (χ4n) is 17.2. The summed E-state index contributed by atoms with van der Waals surface area (Å²) in [7, 11) is -0.602. The number of Topliss-reactive ketones (excluding diaryl/α,β-unsaturated/α-hetero) is 2. The van der Waals surface area contributed by atoms with Crippen molar-refractivity contribution in [3.8, 4) is 29.3 Å². The largest absolute Gasteiger partial charge is 0.505 e. The van der Waals surface area contributed by atoms with Crippen LogP contribution in [0.15, 0.2) is 56.1 Å². The Morgan fingerprint density at radius 2 is 0.588 bits per heavy atom. The first-order valence-corrected chi connectivity index (χ1v) is 52.6. The van der Waals surface area contributed by atoms with Crippen LogP contribution in [-0.4, -0.2) is 48.2 Å². The van der Waals surface area contributed by atoms with Crippen LogP contribution in [0.5, 0.6) is 0 Å². The van der Waals surface area contributed by atoms with Gasteiger partial charge in [-0.3, -0.25) is 9.59 Å². The molecule has 0 saturated carbocycles. The third-order valence-electron chi connectivity index (χ3n) is 25.4. The molecule has 4 aliphatic rings. The zero-order valence-corrected chi connectivity index (χ0v) is 85.0. The zero-order valence-electron chi connectivity index (χ0n) is 72.5. The van der Waals surface area contributed by atoms with Gasteiger partial charge in [-0.25, -0.2) is 0 Å². The molecule has 2 saturated heterocycles. The van der Waals surface area contributed by atoms with E-state index in [1.807, 2.05) is 56.7 Å². The van der Waals surface area contributed by atoms with Crippen molar-refractivity contribution in [2.75, 3.05) is 0 Å². The van der Waals surface area contributed by atoms with Gasteiger partial charge < -0.3 is 18.6 Å². The average Bonchev–Trinajstić information content (AvgIpc) is 1.53. The molecule has 0 spiro atoms. The molecule has 0 amide bonds. The molecule has 8 aromatic heterocycles. The third-order valence-corrected chi connectivity index (χ3v) is 35.9. The Bertz CT molecular complexity index is 3990. The van der Waals surface area contributed by atoms with Crippen LogP contribution in [0.2, 0.25) is 0 Å². The number of carbonyl (C=O) groups is 2. The number of carbonyl (C=O) groups excluding carboxylic acids is 2. The van der Waals surface area contributed by atoms with Gasteiger partial charge in [0.2, 0.25) is 0 Å². The summed E-state index contributed by atoms with van der Waals surface area (Å²) < 4.78 is 34.4. The Balaban J connectivity index is 0.000000220. The second kappa shape index (κ2) is 47.5. The Morgan fingerprint density at radius 1 is 0.307 bits per heavy atom. The van der Waals surface area contributed by atoms with Crippen LogP contribution in [0.1, 0.15) is 407 Å². The van der Waals surface area contributed by atoms with E-state index >= 15 is 0 Å². The third kappa shape index (κ3) is 25.8. The van der Waals surface area contributed by atoms with E-state index in [-0.39, 0.29) is 75.9 Å². The second-order valence-corrected chi connectivity index (χ2v) is 47.3. The molecule has 0 aromatic carbocycles. The zero-order chi connectivity index (χ0) is 80.1. The summed E-state index contributed by atoms with van der Waals surface area (Å²) in [6, 6.07) is 18.2. The number of aryl methyl sites for hydroxylation is 2. The average molecular weight is 1890 g/mol. The summed E-state index contributed by atoms with van der Waals surface area (Å²) in [6.07, 6.45) is 57.5. The monoisotopic (exact) mass is 1880 g/mol. The first-order valence-electron chi connectivity index (χ1n) is 44.5. The van der Waals surface area contributed by atoms with Crippen LogP contribution >= 0.6 is 132 Å². The summed E-state index contributed by atoms with van der Waals surface area (Å²) in [4.78, 5) is 39.6. The summed E-state index contributed by atoms with van der Waals surface area (Å²) in [5, 5.41) is 0. The Labute approximate surface area is 755 Å². The minimum Gasteiger partial charge on any atom is -0.399 e. The number of unbranched alkanes of at least 4 members (excludes halogenated alkanes) is 36. The summed E-state index contributed by atoms with van der Waals surface area (Å²) >= 11 is 22.1. The van der Waals surface area contributed by atoms with Crippen LogP contribution < -0.4 is 9.55 Å². The minimum atomic E-state index is -0.365. The molecular formula is C94H141B2Br2O6PS8V. The minimum absolute atomic E-state index is 0. The maximum absolute atomic E-state index is 14.8. The molecule has 10 heterocycles. The number of rotatable bonds is 47. The van der Waals surface area contributed by atoms with E-state index in [9.17, 15) is 9.59 Å². The number of hydrogen-bond acceptors (Lipinski definition) is 14. The van der Waals surface area contributed by atoms with E-state index in [0.29, 0.717) is 11.6 Å². The van der Waals surface area contributed by atoms with E-state index in [1.165, 1.54) is 300 Å². The van der Waals surface area contributed by atoms with Crippen LogP contribution in [0, 0.1) is 13.8 Å². The number of hydrogen-bond donors (Lipinski definition) is 0. The van der Waals surface area contributed by atoms with Gasteiger partial charge in [0.05, 0.1) is 55.4 Å². The summed E-state index contributed by atoms with van der Waals surface area (Å²) in [5.74, 6) is 0.826. The van der Waals surface area contributed by atoms with Crippen molar-refractivity contribution in [3.05, 3.63) is 88.1 Å². The van der Waals surface area contributed by atoms with Gasteiger partial charge in [-0.1, -0.05) is 285 Å². The molecule has 6 nitrogen and oxygen atoms in total. The van der Waals surface area contributed by atoms with E-state index < -0.39 is 0 Å². The van der Waals surface area contributed by atoms with E-state index in [4.69, 9.17) is 18.6 Å². The molecule has 20 heteroatoms. The first kappa shape index (κ1) is 98.8. The SMILES string of the molecule is CC1(C)OB(c2cc3sc(B4OC(C)(C)C(C)(C)O4)cc3s2)OC1(C)C.CCCCCCCCCCCCC1(CCCCCCCCCCCC)C(=O)c2cc(Br)sc2-c2sc(Br)cc21.CCCCCCCCCCCCC1(CCCCCCCCCCCC)C(=O)c2cc(C)sc2-c2sc(-c3cc4sc(C)cc4s3)cc21.P.[V]. The second-order valence-electron chi connectivity index (χ2n) is 35.5. The molecule has 0 bridgehead atoms. The fraction of sp³-hybridized carbons (Fsp3) is 0.681. The summed E-state index contributed by atoms with van der Waals surface area (Å²) in [5.41, 5.74) is 2.71. The predicted octanol–water partition coefficient (Wildman–Crippen LogP) is 33.8. The maximum Gasteiger partial charge on any atom is 0.505 e. The van der Waals surface area contributed by atoms with Gasteiger partial charge in [0.15, 0.2) is 11.6 Å². The fourth-order valence-corrected chi connectivity index (χ4v) is 27.8. The molecule has 1 atom stereocenters. The quantitative estimate of drug-likeness (QED) is 0.0215. The van der Waals surface area contributed by atoms with Gasteiger partial charge in [0, 0.05) is 82.4 Å². The molecular weight excluding hydrogens is 1740 g/mol. The Kier molecular flexibility index (Phi) is 41.2. The van der Waals surface area contributed by atoms with Crippen LogP contribution in [0.25, 0.3) is 48.1 Å². The van der Waals surface area contributed by atoms with Crippen molar-refractivity contribution in [1.29, 1.82) is 0 Å². The van der Waals surface area contributed by atoms with Crippen molar-refractivity contribution < 1.29 is 46.8 Å². The standard InChI is InChI=1S/C42H60OS4.C34H52Br2OS2.C18H26B2O4S2.H3P.V/c1-5-7-9-11-13-15-17-19-21-23-25-42(26-24-22-20-18-16-14-12-10-8-6-2)34-29-36(38-30-37-35(46-38)28-32(4)44-37)47-40(34)39-33(41(42)43)27-31(3)45-39;1-3-5-7-9-11-13-15-17-19-21-23-34(24-22-20-18-16-14-12-10-8-6-4-2)28-26-30(36)39-32(28)31-27(33(34)37)25-29(35)38-31;1-15(2)16(3,4)22-19(21-15)13-9-11-12(25-13)10-14(26-11)20-23-17(5,6)18(7,8)24-20;;/h27-30H,5-26H2,1-4H3;25-26H,3-24H2,1-2H3;9-10H,1-8H3;1H3;. The van der Waals surface area contributed by atoms with E-state index in [1.54, 1.807) is 34.0 Å². The predicted molar refractivity (Wildman–Crippen MR) is 519 cm³/mol. The molecule has 12 rings (SSSR count). The van der Waals surface area contributed by atoms with Crippen molar-refractivity contribution in [3.63, 3.8) is 0 Å². The van der Waals surface area contributed by atoms with Crippen molar-refractivity contribution in [1.82, 2.24) is 0 Å². The molecule has 8 aromatic rings. The Hall–Kier alpha value is -0.596. The molecule has 2 aliphatic heterocycles. The van der Waals surface area contributed by atoms with Gasteiger partial charge in [-0.15, -0.1) is 90.7 Å². The van der Waals surface area contributed by atoms with Crippen molar-refractivity contribution in [2.45, 2.75) is 413 Å². The maximum atomic E-state index is 14.8. The normalized spacial score (nSPS) is 16.5. The van der Waals surface area contributed by atoms with Gasteiger partial charge in [0.1, 0.15) is 0 Å². The van der Waals surface area contributed by atoms with Crippen molar-refractivity contribution in [2.24, 2.45) is 0 Å². The molecule has 114 heavy (non-hydrogen) atoms. The van der Waals surface area contributed by atoms with Gasteiger partial charge in [-0.2, -0.15) is 9.90 Å². The molecule has 1 unspecified atom stereocenters. The number of halogens is 2. The number of ketones is 2. The van der Waals surface area contributed by atoms with Gasteiger partial charge in [0.25, 0.3) is 0 Å². The molecule has 631 valence electrons. The van der Waals surface area contributed by atoms with Gasteiger partial charge >= 0.3 is 14.2 Å². The molecule has 1 radical (unpaired) electrons. The van der Waals surface area contributed by atoms with Gasteiger partial charge in [-0.05, 0) is 186 Å². The molecule has 2 fully saturated rings. The first-order chi connectivity index (χ1) is 53.8. The number of thiophene rings is 8. The smallest absolute Gasteiger partial charge is 0.399 e. The van der Waals surface area contributed by atoms with E-state index in [0.717, 1.165) is 79.6 Å². The molecule has 2 aliphatic carbocycles. The van der Waals surface area contributed by atoms with Crippen LogP contribution in [0.4, 0.5) is 0 Å². The summed E-state index contributed by atoms with van der Waals surface area (Å²) in [6.45, 7) is 30.2. The van der Waals surface area contributed by atoms with E-state index in [2.05, 4.69) is 177 Å². The molecule has 0 N–H and O–H groups in total. The Morgan fingerprint density at radius 3 is 0.956 bits per heavy atom. The van der Waals surface area contributed by atoms with Crippen LogP contribution in [-0.2, 0) is 48.0 Å². The van der Waals surface area contributed by atoms with Crippen LogP contribution in [0.3, 0.4) is 0 Å². The number of fused-ring (bicyclic) bond motifs is 8.